The van der Waals surface area contributed by atoms with Gasteiger partial charge in [-0.05, 0) is 19.8 Å². The van der Waals surface area contributed by atoms with Crippen LogP contribution in [0.15, 0.2) is 0 Å². The molecule has 0 amide bonds. The first kappa shape index (κ1) is 15.2. The lowest BCUT2D eigenvalue weighted by Crippen LogP contribution is -2.45. The van der Waals surface area contributed by atoms with Crippen LogP contribution in [0.25, 0.3) is 0 Å². The Morgan fingerprint density at radius 2 is 1.87 bits per heavy atom. The van der Waals surface area contributed by atoms with Gasteiger partial charge in [-0.25, -0.2) is 8.42 Å². The van der Waals surface area contributed by atoms with Crippen LogP contribution < -0.4 is 5.32 Å². The van der Waals surface area contributed by atoms with Gasteiger partial charge in [0.1, 0.15) is 0 Å². The molecule has 0 bridgehead atoms. The van der Waals surface area contributed by atoms with E-state index in [4.69, 9.17) is 11.6 Å². The van der Waals surface area contributed by atoms with E-state index in [1.165, 1.54) is 0 Å². The standard InChI is InChI=1S/C10H22ClNO2S/c1-4-7-15(13,14)8-6-12-10(3,5-2)9-11/h12H,4-9H2,1-3H3. The van der Waals surface area contributed by atoms with Crippen molar-refractivity contribution in [3.8, 4) is 0 Å². The van der Waals surface area contributed by atoms with E-state index in [0.29, 0.717) is 18.8 Å². The topological polar surface area (TPSA) is 46.2 Å². The number of nitrogens with one attached hydrogen (secondary N) is 1. The van der Waals surface area contributed by atoms with Crippen LogP contribution in [-0.2, 0) is 9.84 Å². The van der Waals surface area contributed by atoms with Crippen molar-refractivity contribution in [2.24, 2.45) is 0 Å². The van der Waals surface area contributed by atoms with Gasteiger partial charge in [0.25, 0.3) is 0 Å². The first-order valence-corrected chi connectivity index (χ1v) is 7.76. The summed E-state index contributed by atoms with van der Waals surface area (Å²) in [4.78, 5) is 0. The third kappa shape index (κ3) is 6.38. The number of sulfone groups is 1. The third-order valence-corrected chi connectivity index (χ3v) is 5.00. The molecule has 0 aromatic heterocycles. The quantitative estimate of drug-likeness (QED) is 0.673. The van der Waals surface area contributed by atoms with Crippen LogP contribution in [0, 0.1) is 0 Å². The van der Waals surface area contributed by atoms with Crippen LogP contribution in [0.3, 0.4) is 0 Å². The summed E-state index contributed by atoms with van der Waals surface area (Å²) in [5.41, 5.74) is -0.150. The van der Waals surface area contributed by atoms with Crippen molar-refractivity contribution in [2.45, 2.75) is 39.2 Å². The van der Waals surface area contributed by atoms with E-state index in [2.05, 4.69) is 5.32 Å². The van der Waals surface area contributed by atoms with Crippen LogP contribution in [0.2, 0.25) is 0 Å². The van der Waals surface area contributed by atoms with E-state index in [1.807, 2.05) is 20.8 Å². The Bertz CT molecular complexity index is 261. The summed E-state index contributed by atoms with van der Waals surface area (Å²) in [5.74, 6) is 0.975. The molecule has 0 radical (unpaired) electrons. The lowest BCUT2D eigenvalue weighted by molar-refractivity contribution is 0.392. The van der Waals surface area contributed by atoms with Gasteiger partial charge in [0.05, 0.1) is 5.75 Å². The van der Waals surface area contributed by atoms with E-state index in [1.54, 1.807) is 0 Å². The molecule has 0 aliphatic heterocycles. The fraction of sp³-hybridized carbons (Fsp3) is 1.00. The minimum atomic E-state index is -2.88. The van der Waals surface area contributed by atoms with Crippen LogP contribution >= 0.6 is 11.6 Å². The molecule has 0 fully saturated rings. The Balaban J connectivity index is 3.98. The van der Waals surface area contributed by atoms with Crippen molar-refractivity contribution >= 4 is 21.4 Å². The highest BCUT2D eigenvalue weighted by Gasteiger charge is 2.20. The zero-order valence-corrected chi connectivity index (χ0v) is 11.4. The molecule has 1 unspecified atom stereocenters. The Morgan fingerprint density at radius 3 is 2.27 bits per heavy atom. The van der Waals surface area contributed by atoms with Gasteiger partial charge in [0.15, 0.2) is 9.84 Å². The molecule has 1 atom stereocenters. The normalized spacial score (nSPS) is 16.3. The lowest BCUT2D eigenvalue weighted by atomic mass is 10.0. The fourth-order valence-corrected chi connectivity index (χ4v) is 2.71. The molecular formula is C10H22ClNO2S. The molecule has 15 heavy (non-hydrogen) atoms. The number of alkyl halides is 1. The number of hydrogen-bond donors (Lipinski definition) is 1. The first-order chi connectivity index (χ1) is 6.89. The van der Waals surface area contributed by atoms with Crippen molar-refractivity contribution in [1.29, 1.82) is 0 Å². The molecule has 0 heterocycles. The maximum Gasteiger partial charge on any atom is 0.151 e. The highest BCUT2D eigenvalue weighted by atomic mass is 35.5. The Labute approximate surface area is 98.5 Å². The zero-order valence-electron chi connectivity index (χ0n) is 9.85. The second-order valence-corrected chi connectivity index (χ2v) is 6.70. The van der Waals surface area contributed by atoms with Crippen molar-refractivity contribution in [1.82, 2.24) is 5.32 Å². The van der Waals surface area contributed by atoms with Gasteiger partial charge in [-0.3, -0.25) is 0 Å². The maximum atomic E-state index is 11.4. The molecule has 5 heteroatoms. The average Bonchev–Trinajstić information content (AvgIpc) is 2.17. The van der Waals surface area contributed by atoms with E-state index in [-0.39, 0.29) is 17.0 Å². The number of halogens is 1. The van der Waals surface area contributed by atoms with E-state index >= 15 is 0 Å². The molecule has 0 aromatic rings. The largest absolute Gasteiger partial charge is 0.309 e. The molecule has 0 aliphatic carbocycles. The summed E-state index contributed by atoms with van der Waals surface area (Å²) in [6.45, 7) is 6.40. The van der Waals surface area contributed by atoms with Gasteiger partial charge in [-0.1, -0.05) is 13.8 Å². The predicted molar refractivity (Wildman–Crippen MR) is 66.4 cm³/mol. The summed E-state index contributed by atoms with van der Waals surface area (Å²) in [6, 6.07) is 0. The Hall–Kier alpha value is 0.200. The highest BCUT2D eigenvalue weighted by Crippen LogP contribution is 2.10. The molecule has 0 spiro atoms. The van der Waals surface area contributed by atoms with Crippen molar-refractivity contribution < 1.29 is 8.42 Å². The van der Waals surface area contributed by atoms with E-state index < -0.39 is 9.84 Å². The summed E-state index contributed by atoms with van der Waals surface area (Å²) < 4.78 is 22.8. The van der Waals surface area contributed by atoms with Crippen LogP contribution in [0.1, 0.15) is 33.6 Å². The molecule has 3 nitrogen and oxygen atoms in total. The summed E-state index contributed by atoms with van der Waals surface area (Å²) in [6.07, 6.45) is 1.58. The monoisotopic (exact) mass is 255 g/mol. The fourth-order valence-electron chi connectivity index (χ4n) is 1.19. The van der Waals surface area contributed by atoms with Gasteiger partial charge < -0.3 is 5.32 Å². The molecule has 1 N–H and O–H groups in total. The second kappa shape index (κ2) is 6.71. The minimum absolute atomic E-state index is 0.150. The van der Waals surface area contributed by atoms with E-state index in [0.717, 1.165) is 6.42 Å². The minimum Gasteiger partial charge on any atom is -0.309 e. The van der Waals surface area contributed by atoms with Gasteiger partial charge in [-0.15, -0.1) is 11.6 Å². The third-order valence-electron chi connectivity index (χ3n) is 2.56. The van der Waals surface area contributed by atoms with E-state index in [9.17, 15) is 8.42 Å². The maximum absolute atomic E-state index is 11.4. The lowest BCUT2D eigenvalue weighted by Gasteiger charge is -2.27. The second-order valence-electron chi connectivity index (χ2n) is 4.13. The van der Waals surface area contributed by atoms with Crippen LogP contribution in [0.5, 0.6) is 0 Å². The van der Waals surface area contributed by atoms with Crippen molar-refractivity contribution in [3.63, 3.8) is 0 Å². The molecule has 0 saturated carbocycles. The Kier molecular flexibility index (Phi) is 6.80. The molecular weight excluding hydrogens is 234 g/mol. The highest BCUT2D eigenvalue weighted by molar-refractivity contribution is 7.91. The van der Waals surface area contributed by atoms with Crippen LogP contribution in [0.4, 0.5) is 0 Å². The van der Waals surface area contributed by atoms with Gasteiger partial charge >= 0.3 is 0 Å². The van der Waals surface area contributed by atoms with Crippen LogP contribution in [-0.4, -0.2) is 37.9 Å². The SMILES string of the molecule is CCCS(=O)(=O)CCNC(C)(CC)CCl. The van der Waals surface area contributed by atoms with Crippen molar-refractivity contribution in [3.05, 3.63) is 0 Å². The Morgan fingerprint density at radius 1 is 1.27 bits per heavy atom. The van der Waals surface area contributed by atoms with Gasteiger partial charge in [-0.2, -0.15) is 0 Å². The predicted octanol–water partition coefficient (Wildman–Crippen LogP) is 1.81. The zero-order chi connectivity index (χ0) is 11.9. The molecule has 0 aliphatic rings. The number of hydrogen-bond acceptors (Lipinski definition) is 3. The smallest absolute Gasteiger partial charge is 0.151 e. The molecule has 0 saturated heterocycles. The molecule has 0 aromatic carbocycles. The number of rotatable bonds is 8. The molecule has 92 valence electrons. The summed E-state index contributed by atoms with van der Waals surface area (Å²) in [7, 11) is -2.88. The molecule has 0 rings (SSSR count). The summed E-state index contributed by atoms with van der Waals surface area (Å²) in [5, 5.41) is 3.20. The van der Waals surface area contributed by atoms with Gasteiger partial charge in [0, 0.05) is 23.7 Å². The van der Waals surface area contributed by atoms with Crippen molar-refractivity contribution in [2.75, 3.05) is 23.9 Å². The average molecular weight is 256 g/mol. The summed E-state index contributed by atoms with van der Waals surface area (Å²) >= 11 is 5.81. The first-order valence-electron chi connectivity index (χ1n) is 5.40. The van der Waals surface area contributed by atoms with Gasteiger partial charge in [0.2, 0.25) is 0 Å².